The van der Waals surface area contributed by atoms with Gasteiger partial charge in [0.1, 0.15) is 15.5 Å². The zero-order valence-electron chi connectivity index (χ0n) is 11.0. The lowest BCUT2D eigenvalue weighted by molar-refractivity contribution is 0.0585. The first-order valence-electron chi connectivity index (χ1n) is 5.51. The van der Waals surface area contributed by atoms with Gasteiger partial charge < -0.3 is 9.84 Å². The van der Waals surface area contributed by atoms with Crippen LogP contribution in [0.3, 0.4) is 0 Å². The zero-order chi connectivity index (χ0) is 14.6. The van der Waals surface area contributed by atoms with Crippen LogP contribution in [0.2, 0.25) is 0 Å². The number of anilines is 1. The molecule has 1 amide bonds. The van der Waals surface area contributed by atoms with Crippen LogP contribution < -0.4 is 4.90 Å². The Balaban J connectivity index is 2.96. The van der Waals surface area contributed by atoms with Gasteiger partial charge in [0.15, 0.2) is 0 Å². The van der Waals surface area contributed by atoms with E-state index in [2.05, 4.69) is 5.92 Å². The summed E-state index contributed by atoms with van der Waals surface area (Å²) in [4.78, 5) is 24.2. The first-order valence-corrected chi connectivity index (χ1v) is 6.33. The molecule has 0 unspecified atom stereocenters. The molecule has 0 saturated carbocycles. The second-order valence-corrected chi connectivity index (χ2v) is 5.78. The van der Waals surface area contributed by atoms with Gasteiger partial charge in [-0.25, -0.2) is 9.59 Å². The minimum atomic E-state index is -1.04. The molecule has 0 fully saturated rings. The summed E-state index contributed by atoms with van der Waals surface area (Å²) in [6.07, 6.45) is 4.63. The highest BCUT2D eigenvalue weighted by Gasteiger charge is 2.24. The van der Waals surface area contributed by atoms with E-state index in [0.717, 1.165) is 11.3 Å². The normalized spacial score (nSPS) is 10.6. The smallest absolute Gasteiger partial charge is 0.416 e. The third-order valence-corrected chi connectivity index (χ3v) is 3.03. The third kappa shape index (κ3) is 4.30. The van der Waals surface area contributed by atoms with Crippen LogP contribution in [0, 0.1) is 12.3 Å². The molecule has 0 saturated heterocycles. The second-order valence-electron chi connectivity index (χ2n) is 4.71. The Hall–Kier alpha value is -2.00. The van der Waals surface area contributed by atoms with Gasteiger partial charge in [0.2, 0.25) is 0 Å². The highest BCUT2D eigenvalue weighted by Crippen LogP contribution is 2.27. The molecule has 0 aromatic carbocycles. The lowest BCUT2D eigenvalue weighted by Crippen LogP contribution is -2.36. The number of carboxylic acid groups (broad SMARTS) is 1. The molecular weight excluding hydrogens is 266 g/mol. The molecule has 0 aliphatic rings. The topological polar surface area (TPSA) is 66.8 Å². The predicted molar refractivity (Wildman–Crippen MR) is 73.7 cm³/mol. The van der Waals surface area contributed by atoms with Crippen molar-refractivity contribution < 1.29 is 19.4 Å². The van der Waals surface area contributed by atoms with Gasteiger partial charge in [-0.2, -0.15) is 0 Å². The molecule has 1 rings (SSSR count). The number of thiophene rings is 1. The molecule has 0 aliphatic carbocycles. The van der Waals surface area contributed by atoms with Gasteiger partial charge in [0, 0.05) is 0 Å². The summed E-state index contributed by atoms with van der Waals surface area (Å²) in [7, 11) is 0. The van der Waals surface area contributed by atoms with E-state index in [-0.39, 0.29) is 11.4 Å². The number of terminal acetylenes is 1. The fourth-order valence-corrected chi connectivity index (χ4v) is 2.06. The van der Waals surface area contributed by atoms with Crippen LogP contribution in [0.4, 0.5) is 9.80 Å². The maximum Gasteiger partial charge on any atom is 0.416 e. The third-order valence-electron chi connectivity index (χ3n) is 1.93. The fourth-order valence-electron chi connectivity index (χ4n) is 1.23. The zero-order valence-corrected chi connectivity index (χ0v) is 11.8. The monoisotopic (exact) mass is 281 g/mol. The number of nitrogens with zero attached hydrogens (tertiary/aromatic N) is 1. The van der Waals surface area contributed by atoms with Gasteiger partial charge in [-0.3, -0.25) is 4.90 Å². The fraction of sp³-hybridized carbons (Fsp3) is 0.385. The minimum Gasteiger partial charge on any atom is -0.477 e. The highest BCUT2D eigenvalue weighted by molar-refractivity contribution is 7.18. The molecule has 19 heavy (non-hydrogen) atoms. The molecule has 1 heterocycles. The Morgan fingerprint density at radius 3 is 2.53 bits per heavy atom. The number of ether oxygens (including phenoxy) is 1. The Labute approximate surface area is 115 Å². The van der Waals surface area contributed by atoms with Crippen LogP contribution in [0.1, 0.15) is 30.4 Å². The maximum absolute atomic E-state index is 12.0. The SMILES string of the molecule is C#CCN(C(=O)OC(C)(C)C)c1ccc(C(=O)O)s1. The molecule has 0 aliphatic heterocycles. The summed E-state index contributed by atoms with van der Waals surface area (Å²) in [6, 6.07) is 2.96. The largest absolute Gasteiger partial charge is 0.477 e. The number of rotatable bonds is 3. The molecule has 5 nitrogen and oxygen atoms in total. The first-order chi connectivity index (χ1) is 8.74. The maximum atomic E-state index is 12.0. The van der Waals surface area contributed by atoms with Crippen LogP contribution in [-0.2, 0) is 4.74 Å². The van der Waals surface area contributed by atoms with Crippen LogP contribution in [0.15, 0.2) is 12.1 Å². The molecule has 0 radical (unpaired) electrons. The van der Waals surface area contributed by atoms with E-state index in [1.807, 2.05) is 0 Å². The average Bonchev–Trinajstić information content (AvgIpc) is 2.72. The van der Waals surface area contributed by atoms with E-state index in [0.29, 0.717) is 5.00 Å². The van der Waals surface area contributed by atoms with Gasteiger partial charge in [-0.05, 0) is 32.9 Å². The van der Waals surface area contributed by atoms with Crippen molar-refractivity contribution in [2.24, 2.45) is 0 Å². The molecule has 0 atom stereocenters. The highest BCUT2D eigenvalue weighted by atomic mass is 32.1. The van der Waals surface area contributed by atoms with Crippen molar-refractivity contribution in [2.75, 3.05) is 11.4 Å². The second kappa shape index (κ2) is 5.76. The van der Waals surface area contributed by atoms with Crippen molar-refractivity contribution in [3.05, 3.63) is 17.0 Å². The summed E-state index contributed by atoms with van der Waals surface area (Å²) < 4.78 is 5.23. The van der Waals surface area contributed by atoms with Crippen molar-refractivity contribution in [3.63, 3.8) is 0 Å². The molecule has 0 bridgehead atoms. The lowest BCUT2D eigenvalue weighted by atomic mass is 10.2. The summed E-state index contributed by atoms with van der Waals surface area (Å²) in [5.74, 6) is 1.32. The Bertz CT molecular complexity index is 521. The number of amides is 1. The molecule has 1 N–H and O–H groups in total. The number of carboxylic acids is 1. The number of aromatic carboxylic acids is 1. The van der Waals surface area contributed by atoms with Crippen molar-refractivity contribution in [1.29, 1.82) is 0 Å². The van der Waals surface area contributed by atoms with Crippen LogP contribution in [0.5, 0.6) is 0 Å². The summed E-state index contributed by atoms with van der Waals surface area (Å²) in [5.41, 5.74) is -0.642. The van der Waals surface area contributed by atoms with Crippen molar-refractivity contribution in [2.45, 2.75) is 26.4 Å². The quantitative estimate of drug-likeness (QED) is 0.865. The molecule has 6 heteroatoms. The summed E-state index contributed by atoms with van der Waals surface area (Å²) in [5, 5.41) is 9.32. The van der Waals surface area contributed by atoms with E-state index in [4.69, 9.17) is 16.3 Å². The molecule has 1 aromatic rings. The van der Waals surface area contributed by atoms with Crippen LogP contribution in [-0.4, -0.2) is 29.3 Å². The van der Waals surface area contributed by atoms with Crippen LogP contribution >= 0.6 is 11.3 Å². The number of carbonyl (C=O) groups is 2. The van der Waals surface area contributed by atoms with E-state index >= 15 is 0 Å². The van der Waals surface area contributed by atoms with Crippen molar-refractivity contribution >= 4 is 28.4 Å². The van der Waals surface area contributed by atoms with Gasteiger partial charge >= 0.3 is 12.1 Å². The van der Waals surface area contributed by atoms with E-state index < -0.39 is 17.7 Å². The Morgan fingerprint density at radius 1 is 1.47 bits per heavy atom. The molecular formula is C13H15NO4S. The van der Waals surface area contributed by atoms with Gasteiger partial charge in [0.25, 0.3) is 0 Å². The van der Waals surface area contributed by atoms with E-state index in [9.17, 15) is 9.59 Å². The lowest BCUT2D eigenvalue weighted by Gasteiger charge is -2.25. The molecule has 1 aromatic heterocycles. The molecule has 0 spiro atoms. The van der Waals surface area contributed by atoms with Crippen molar-refractivity contribution in [3.8, 4) is 12.3 Å². The molecule has 102 valence electrons. The van der Waals surface area contributed by atoms with Gasteiger partial charge in [0.05, 0.1) is 6.54 Å². The van der Waals surface area contributed by atoms with Gasteiger partial charge in [-0.15, -0.1) is 17.8 Å². The van der Waals surface area contributed by atoms with E-state index in [1.165, 1.54) is 17.0 Å². The predicted octanol–water partition coefficient (Wildman–Crippen LogP) is 2.82. The van der Waals surface area contributed by atoms with Crippen molar-refractivity contribution in [1.82, 2.24) is 0 Å². The Kier molecular flexibility index (Phi) is 4.57. The standard InChI is InChI=1S/C13H15NO4S/c1-5-8-14(12(17)18-13(2,3)4)10-7-6-9(19-10)11(15)16/h1,6-7H,8H2,2-4H3,(H,15,16). The average molecular weight is 281 g/mol. The number of hydrogen-bond donors (Lipinski definition) is 1. The summed E-state index contributed by atoms with van der Waals surface area (Å²) in [6.45, 7) is 5.26. The van der Waals surface area contributed by atoms with Crippen LogP contribution in [0.25, 0.3) is 0 Å². The minimum absolute atomic E-state index is 0.0223. The number of hydrogen-bond acceptors (Lipinski definition) is 4. The van der Waals surface area contributed by atoms with Gasteiger partial charge in [-0.1, -0.05) is 5.92 Å². The Morgan fingerprint density at radius 2 is 2.11 bits per heavy atom. The number of carbonyl (C=O) groups excluding carboxylic acids is 1. The first kappa shape index (κ1) is 15.1. The van der Waals surface area contributed by atoms with E-state index in [1.54, 1.807) is 20.8 Å². The summed E-state index contributed by atoms with van der Waals surface area (Å²) >= 11 is 0.973.